The Bertz CT molecular complexity index is 252. The molecule has 0 saturated heterocycles. The molecular formula is C10H10N2S2. The number of hydrogen-bond acceptors (Lipinski definition) is 4. The Morgan fingerprint density at radius 3 is 1.64 bits per heavy atom. The maximum absolute atomic E-state index is 4.04. The van der Waals surface area contributed by atoms with Gasteiger partial charge in [-0.05, 0) is 33.8 Å². The van der Waals surface area contributed by atoms with Crippen LogP contribution in [0.2, 0.25) is 0 Å². The first-order chi connectivity index (χ1) is 7.00. The third-order valence-electron chi connectivity index (χ3n) is 1.11. The molecule has 0 fully saturated rings. The SMILES string of the molecule is C1=C/S\C=C/N=C\C=C/S\C=C/N=C\1. The van der Waals surface area contributed by atoms with E-state index in [0.29, 0.717) is 0 Å². The van der Waals surface area contributed by atoms with Gasteiger partial charge in [0, 0.05) is 24.8 Å². The Hall–Kier alpha value is -1.00. The minimum absolute atomic E-state index is 1.56. The second-order valence-electron chi connectivity index (χ2n) is 2.10. The van der Waals surface area contributed by atoms with Gasteiger partial charge in [0.15, 0.2) is 0 Å². The third-order valence-corrected chi connectivity index (χ3v) is 2.30. The summed E-state index contributed by atoms with van der Waals surface area (Å²) in [7, 11) is 0. The summed E-state index contributed by atoms with van der Waals surface area (Å²) in [6, 6.07) is 0. The number of thioether (sulfide) groups is 2. The number of rotatable bonds is 0. The van der Waals surface area contributed by atoms with Crippen LogP contribution < -0.4 is 0 Å². The van der Waals surface area contributed by atoms with Gasteiger partial charge in [-0.3, -0.25) is 9.98 Å². The molecule has 0 aromatic rings. The summed E-state index contributed by atoms with van der Waals surface area (Å²) in [5.74, 6) is 0. The van der Waals surface area contributed by atoms with E-state index in [1.54, 1.807) is 48.4 Å². The number of hydrogen-bond donors (Lipinski definition) is 0. The van der Waals surface area contributed by atoms with Crippen molar-refractivity contribution in [3.63, 3.8) is 0 Å². The van der Waals surface area contributed by atoms with Crippen molar-refractivity contribution in [2.75, 3.05) is 0 Å². The molecular weight excluding hydrogens is 212 g/mol. The molecule has 0 aliphatic carbocycles. The van der Waals surface area contributed by atoms with E-state index in [4.69, 9.17) is 0 Å². The molecule has 0 radical (unpaired) electrons. The number of nitrogens with zero attached hydrogens (tertiary/aromatic N) is 2. The molecule has 0 bridgehead atoms. The first-order valence-electron chi connectivity index (χ1n) is 3.98. The Labute approximate surface area is 92.3 Å². The number of allylic oxidation sites excluding steroid dienone is 2. The van der Waals surface area contributed by atoms with Crippen LogP contribution in [0.25, 0.3) is 0 Å². The molecule has 0 amide bonds. The van der Waals surface area contributed by atoms with Crippen molar-refractivity contribution in [3.8, 4) is 0 Å². The Morgan fingerprint density at radius 1 is 0.643 bits per heavy atom. The molecule has 0 N–H and O–H groups in total. The van der Waals surface area contributed by atoms with Crippen molar-refractivity contribution in [1.82, 2.24) is 0 Å². The van der Waals surface area contributed by atoms with Crippen molar-refractivity contribution in [1.29, 1.82) is 0 Å². The summed E-state index contributed by atoms with van der Waals surface area (Å²) in [5, 5.41) is 7.70. The predicted molar refractivity (Wildman–Crippen MR) is 68.7 cm³/mol. The van der Waals surface area contributed by atoms with E-state index in [0.717, 1.165) is 0 Å². The van der Waals surface area contributed by atoms with Gasteiger partial charge >= 0.3 is 0 Å². The zero-order valence-corrected chi connectivity index (χ0v) is 9.12. The predicted octanol–water partition coefficient (Wildman–Crippen LogP) is 3.58. The molecule has 2 nitrogen and oxygen atoms in total. The zero-order valence-electron chi connectivity index (χ0n) is 7.48. The van der Waals surface area contributed by atoms with E-state index in [2.05, 4.69) is 9.98 Å². The molecule has 0 saturated carbocycles. The van der Waals surface area contributed by atoms with Crippen LogP contribution in [0.3, 0.4) is 0 Å². The summed E-state index contributed by atoms with van der Waals surface area (Å²) in [6.45, 7) is 0. The van der Waals surface area contributed by atoms with Crippen LogP contribution >= 0.6 is 23.5 Å². The lowest BCUT2D eigenvalue weighted by molar-refractivity contribution is 1.62. The molecule has 0 spiro atoms. The summed E-state index contributed by atoms with van der Waals surface area (Å²) in [4.78, 5) is 8.08. The van der Waals surface area contributed by atoms with Gasteiger partial charge in [-0.15, -0.1) is 23.5 Å². The second kappa shape index (κ2) is 8.59. The standard InChI is InChI=1S/C10H10N2S2/c1-3-11-5-10-14-8-2-4-12-6-9-13-7-1/h1-10H/b7-1-,8-2-,9-6-,10-5-,11-3-,12-4-. The largest absolute Gasteiger partial charge is 0.264 e. The molecule has 0 unspecified atom stereocenters. The summed E-state index contributed by atoms with van der Waals surface area (Å²) in [5.41, 5.74) is 0. The zero-order chi connectivity index (χ0) is 9.90. The average molecular weight is 222 g/mol. The van der Waals surface area contributed by atoms with Crippen LogP contribution in [0, 0.1) is 0 Å². The average Bonchev–Trinajstić information content (AvgIpc) is 2.22. The number of aliphatic imine (C=N–C) groups is 2. The van der Waals surface area contributed by atoms with Gasteiger partial charge in [0.25, 0.3) is 0 Å². The third kappa shape index (κ3) is 6.51. The maximum atomic E-state index is 4.04. The van der Waals surface area contributed by atoms with Crippen molar-refractivity contribution in [2.24, 2.45) is 9.98 Å². The summed E-state index contributed by atoms with van der Waals surface area (Å²) < 4.78 is 0. The first kappa shape index (κ1) is 11.1. The minimum atomic E-state index is 1.56. The molecule has 72 valence electrons. The lowest BCUT2D eigenvalue weighted by atomic mass is 10.7. The molecule has 0 aromatic heterocycles. The van der Waals surface area contributed by atoms with E-state index >= 15 is 0 Å². The van der Waals surface area contributed by atoms with Gasteiger partial charge in [-0.25, -0.2) is 0 Å². The molecule has 0 aromatic carbocycles. The van der Waals surface area contributed by atoms with Crippen LogP contribution in [0.5, 0.6) is 0 Å². The molecule has 0 atom stereocenters. The van der Waals surface area contributed by atoms with Crippen LogP contribution in [-0.4, -0.2) is 12.4 Å². The summed E-state index contributed by atoms with van der Waals surface area (Å²) >= 11 is 3.12. The van der Waals surface area contributed by atoms with Crippen LogP contribution in [0.4, 0.5) is 0 Å². The highest BCUT2D eigenvalue weighted by Crippen LogP contribution is 2.04. The maximum Gasteiger partial charge on any atom is 0.0334 e. The van der Waals surface area contributed by atoms with E-state index < -0.39 is 0 Å². The molecule has 4 heteroatoms. The van der Waals surface area contributed by atoms with Crippen LogP contribution in [0.15, 0.2) is 56.2 Å². The van der Waals surface area contributed by atoms with Crippen LogP contribution in [-0.2, 0) is 0 Å². The molecule has 1 aliphatic rings. The fraction of sp³-hybridized carbons (Fsp3) is 0. The van der Waals surface area contributed by atoms with Crippen LogP contribution in [0.1, 0.15) is 0 Å². The highest BCUT2D eigenvalue weighted by molar-refractivity contribution is 8.05. The van der Waals surface area contributed by atoms with Crippen molar-refractivity contribution in [2.45, 2.75) is 0 Å². The molecule has 1 aliphatic heterocycles. The quantitative estimate of drug-likeness (QED) is 0.626. The van der Waals surface area contributed by atoms with Crippen molar-refractivity contribution in [3.05, 3.63) is 46.2 Å². The lowest BCUT2D eigenvalue weighted by Gasteiger charge is -1.81. The Balaban J connectivity index is 2.55. The molecule has 1 heterocycles. The van der Waals surface area contributed by atoms with Gasteiger partial charge in [-0.2, -0.15) is 0 Å². The monoisotopic (exact) mass is 222 g/mol. The highest BCUT2D eigenvalue weighted by Gasteiger charge is 1.72. The second-order valence-corrected chi connectivity index (χ2v) is 3.73. The van der Waals surface area contributed by atoms with Gasteiger partial charge < -0.3 is 0 Å². The Kier molecular flexibility index (Phi) is 6.80. The lowest BCUT2D eigenvalue weighted by Crippen LogP contribution is -1.61. The smallest absolute Gasteiger partial charge is 0.0334 e. The fourth-order valence-electron chi connectivity index (χ4n) is 0.591. The topological polar surface area (TPSA) is 24.7 Å². The Morgan fingerprint density at radius 2 is 1.14 bits per heavy atom. The van der Waals surface area contributed by atoms with Crippen molar-refractivity contribution < 1.29 is 0 Å². The molecule has 1 rings (SSSR count). The van der Waals surface area contributed by atoms with E-state index in [9.17, 15) is 0 Å². The van der Waals surface area contributed by atoms with Gasteiger partial charge in [-0.1, -0.05) is 0 Å². The van der Waals surface area contributed by atoms with Gasteiger partial charge in [0.05, 0.1) is 0 Å². The fourth-order valence-corrected chi connectivity index (χ4v) is 1.38. The first-order valence-corrected chi connectivity index (χ1v) is 5.86. The van der Waals surface area contributed by atoms with E-state index in [1.807, 2.05) is 33.8 Å². The van der Waals surface area contributed by atoms with Crippen molar-refractivity contribution >= 4 is 36.0 Å². The molecule has 14 heavy (non-hydrogen) atoms. The normalized spacial score (nSPS) is 30.9. The van der Waals surface area contributed by atoms with E-state index in [1.165, 1.54) is 0 Å². The highest BCUT2D eigenvalue weighted by atomic mass is 32.2. The van der Waals surface area contributed by atoms with Gasteiger partial charge in [0.2, 0.25) is 0 Å². The minimum Gasteiger partial charge on any atom is -0.264 e. The van der Waals surface area contributed by atoms with E-state index in [-0.39, 0.29) is 0 Å². The van der Waals surface area contributed by atoms with Gasteiger partial charge in [0.1, 0.15) is 0 Å². The summed E-state index contributed by atoms with van der Waals surface area (Å²) in [6.07, 6.45) is 10.8.